The van der Waals surface area contributed by atoms with Crippen LogP contribution in [-0.2, 0) is 11.2 Å². The van der Waals surface area contributed by atoms with Gasteiger partial charge in [0.15, 0.2) is 0 Å². The van der Waals surface area contributed by atoms with Gasteiger partial charge in [-0.2, -0.15) is 0 Å². The summed E-state index contributed by atoms with van der Waals surface area (Å²) in [5.74, 6) is -0.0854. The van der Waals surface area contributed by atoms with Crippen LogP contribution in [0.2, 0.25) is 0 Å². The molecule has 1 unspecified atom stereocenters. The van der Waals surface area contributed by atoms with Crippen molar-refractivity contribution in [1.29, 1.82) is 0 Å². The van der Waals surface area contributed by atoms with Gasteiger partial charge in [-0.3, -0.25) is 9.97 Å². The van der Waals surface area contributed by atoms with Crippen molar-refractivity contribution in [2.24, 2.45) is 0 Å². The van der Waals surface area contributed by atoms with Crippen molar-refractivity contribution in [3.05, 3.63) is 82.4 Å². The Labute approximate surface area is 204 Å². The highest BCUT2D eigenvalue weighted by Crippen LogP contribution is 2.44. The van der Waals surface area contributed by atoms with Crippen molar-refractivity contribution in [1.82, 2.24) is 9.97 Å². The maximum Gasteiger partial charge on any atom is 0.339 e. The molecule has 0 spiro atoms. The second kappa shape index (κ2) is 11.0. The van der Waals surface area contributed by atoms with Gasteiger partial charge in [-0.15, -0.1) is 0 Å². The van der Waals surface area contributed by atoms with Gasteiger partial charge >= 0.3 is 11.9 Å². The summed E-state index contributed by atoms with van der Waals surface area (Å²) >= 11 is 0. The maximum atomic E-state index is 12.0. The Balaban J connectivity index is 0.000000320. The largest absolute Gasteiger partial charge is 0.507 e. The van der Waals surface area contributed by atoms with E-state index >= 15 is 0 Å². The van der Waals surface area contributed by atoms with Crippen LogP contribution < -0.4 is 4.74 Å². The Morgan fingerprint density at radius 2 is 1.66 bits per heavy atom. The number of hydrogen-bond acceptors (Lipinski definition) is 7. The quantitative estimate of drug-likeness (QED) is 0.501. The molecule has 0 radical (unpaired) electrons. The summed E-state index contributed by atoms with van der Waals surface area (Å²) in [7, 11) is 0. The molecule has 35 heavy (non-hydrogen) atoms. The van der Waals surface area contributed by atoms with Gasteiger partial charge in [-0.1, -0.05) is 0 Å². The van der Waals surface area contributed by atoms with E-state index in [1.807, 2.05) is 27.7 Å². The van der Waals surface area contributed by atoms with E-state index in [2.05, 4.69) is 9.97 Å². The van der Waals surface area contributed by atoms with Crippen LogP contribution in [0.25, 0.3) is 0 Å². The molecule has 8 heteroatoms. The molecule has 2 aromatic heterocycles. The minimum atomic E-state index is -0.942. The number of rotatable bonds is 5. The van der Waals surface area contributed by atoms with Crippen molar-refractivity contribution >= 4 is 11.9 Å². The molecular weight excluding hydrogens is 448 g/mol. The molecule has 4 rings (SSSR count). The summed E-state index contributed by atoms with van der Waals surface area (Å²) in [5.41, 5.74) is 4.07. The number of carboxylic acid groups (broad SMARTS) is 1. The lowest BCUT2D eigenvalue weighted by atomic mass is 9.86. The fourth-order valence-corrected chi connectivity index (χ4v) is 3.89. The number of pyridine rings is 2. The van der Waals surface area contributed by atoms with Crippen LogP contribution in [0.5, 0.6) is 11.5 Å². The van der Waals surface area contributed by atoms with Crippen LogP contribution in [0.15, 0.2) is 49.1 Å². The van der Waals surface area contributed by atoms with Crippen molar-refractivity contribution in [3.8, 4) is 11.5 Å². The molecule has 0 fully saturated rings. The highest BCUT2D eigenvalue weighted by molar-refractivity contribution is 5.88. The zero-order chi connectivity index (χ0) is 25.6. The van der Waals surface area contributed by atoms with E-state index in [0.29, 0.717) is 17.7 Å². The number of phenolic OH excluding ortho intramolecular Hbond substituents is 1. The van der Waals surface area contributed by atoms with E-state index in [1.165, 1.54) is 24.7 Å². The standard InChI is InChI=1S/C21H25NO4.C6H5NO2/c1-13-14(2)19-17(15(3)18(13)23)7-8-21(4,26-19)9-11-25-20(24)16-6-5-10-22-12-16;8-6(9)5-2-1-3-7-4-5/h5-6,10,12,23H,7-9,11H2,1-4H3;1-4H,(H,8,9). The lowest BCUT2D eigenvalue weighted by Crippen LogP contribution is -2.38. The Kier molecular flexibility index (Phi) is 8.06. The van der Waals surface area contributed by atoms with Gasteiger partial charge in [0.05, 0.1) is 17.7 Å². The second-order valence-corrected chi connectivity index (χ2v) is 8.76. The maximum absolute atomic E-state index is 12.0. The number of carbonyl (C=O) groups is 2. The minimum absolute atomic E-state index is 0.220. The number of phenols is 1. The number of carbonyl (C=O) groups excluding carboxylic acids is 1. The molecule has 3 heterocycles. The monoisotopic (exact) mass is 478 g/mol. The molecule has 1 aliphatic heterocycles. The first-order chi connectivity index (χ1) is 16.6. The first kappa shape index (κ1) is 25.7. The van der Waals surface area contributed by atoms with Crippen LogP contribution in [0.3, 0.4) is 0 Å². The zero-order valence-electron chi connectivity index (χ0n) is 20.4. The van der Waals surface area contributed by atoms with E-state index < -0.39 is 11.6 Å². The first-order valence-electron chi connectivity index (χ1n) is 11.3. The Morgan fingerprint density at radius 1 is 1.03 bits per heavy atom. The first-order valence-corrected chi connectivity index (χ1v) is 11.3. The topological polar surface area (TPSA) is 119 Å². The average molecular weight is 479 g/mol. The van der Waals surface area contributed by atoms with E-state index in [-0.39, 0.29) is 18.1 Å². The van der Waals surface area contributed by atoms with Crippen LogP contribution in [0.4, 0.5) is 0 Å². The average Bonchev–Trinajstić information content (AvgIpc) is 2.87. The molecule has 1 aromatic carbocycles. The van der Waals surface area contributed by atoms with E-state index in [4.69, 9.17) is 14.6 Å². The van der Waals surface area contributed by atoms with Crippen LogP contribution in [-0.4, -0.2) is 44.3 Å². The van der Waals surface area contributed by atoms with E-state index in [0.717, 1.165) is 40.8 Å². The predicted molar refractivity (Wildman–Crippen MR) is 130 cm³/mol. The summed E-state index contributed by atoms with van der Waals surface area (Å²) < 4.78 is 11.7. The highest BCUT2D eigenvalue weighted by atomic mass is 16.5. The van der Waals surface area contributed by atoms with Crippen LogP contribution in [0.1, 0.15) is 62.7 Å². The van der Waals surface area contributed by atoms with Gasteiger partial charge < -0.3 is 19.7 Å². The van der Waals surface area contributed by atoms with Gasteiger partial charge in [0.25, 0.3) is 0 Å². The van der Waals surface area contributed by atoms with Crippen molar-refractivity contribution in [2.75, 3.05) is 6.61 Å². The molecule has 1 atom stereocenters. The number of aromatic nitrogens is 2. The van der Waals surface area contributed by atoms with Gasteiger partial charge in [0.2, 0.25) is 0 Å². The lowest BCUT2D eigenvalue weighted by Gasteiger charge is -2.37. The van der Waals surface area contributed by atoms with Crippen LogP contribution in [0, 0.1) is 20.8 Å². The molecule has 3 aromatic rings. The van der Waals surface area contributed by atoms with E-state index in [1.54, 1.807) is 24.4 Å². The molecule has 184 valence electrons. The van der Waals surface area contributed by atoms with Crippen molar-refractivity contribution in [2.45, 2.75) is 52.6 Å². The Bertz CT molecular complexity index is 1200. The molecular formula is C27H30N2O6. The summed E-state index contributed by atoms with van der Waals surface area (Å²) in [6, 6.07) is 6.48. The van der Waals surface area contributed by atoms with Crippen molar-refractivity contribution < 1.29 is 29.3 Å². The Morgan fingerprint density at radius 3 is 2.20 bits per heavy atom. The number of benzene rings is 1. The SMILES string of the molecule is Cc1c(C)c2c(c(C)c1O)CCC(C)(CCOC(=O)c1cccnc1)O2.O=C(O)c1cccnc1. The summed E-state index contributed by atoms with van der Waals surface area (Å²) in [4.78, 5) is 29.8. The van der Waals surface area contributed by atoms with Crippen molar-refractivity contribution in [3.63, 3.8) is 0 Å². The number of ether oxygens (including phenoxy) is 2. The third-order valence-corrected chi connectivity index (χ3v) is 6.26. The number of hydrogen-bond donors (Lipinski definition) is 2. The number of esters is 1. The number of aromatic carboxylic acids is 1. The summed E-state index contributed by atoms with van der Waals surface area (Å²) in [6.07, 6.45) is 8.22. The van der Waals surface area contributed by atoms with Gasteiger partial charge in [-0.25, -0.2) is 9.59 Å². The third kappa shape index (κ3) is 6.15. The summed E-state index contributed by atoms with van der Waals surface area (Å²) in [5, 5.41) is 18.6. The number of nitrogens with zero attached hydrogens (tertiary/aromatic N) is 2. The lowest BCUT2D eigenvalue weighted by molar-refractivity contribution is 0.0178. The number of fused-ring (bicyclic) bond motifs is 1. The molecule has 0 amide bonds. The number of aromatic hydroxyl groups is 1. The third-order valence-electron chi connectivity index (χ3n) is 6.26. The fourth-order valence-electron chi connectivity index (χ4n) is 3.89. The molecule has 8 nitrogen and oxygen atoms in total. The molecule has 0 saturated carbocycles. The molecule has 0 saturated heterocycles. The Hall–Kier alpha value is -3.94. The zero-order valence-corrected chi connectivity index (χ0v) is 20.4. The highest BCUT2D eigenvalue weighted by Gasteiger charge is 2.34. The van der Waals surface area contributed by atoms with Gasteiger partial charge in [0.1, 0.15) is 17.1 Å². The molecule has 0 aliphatic carbocycles. The number of carboxylic acids is 1. The normalized spacial score (nSPS) is 16.2. The minimum Gasteiger partial charge on any atom is -0.507 e. The van der Waals surface area contributed by atoms with E-state index in [9.17, 15) is 14.7 Å². The predicted octanol–water partition coefficient (Wildman–Crippen LogP) is 4.82. The molecule has 0 bridgehead atoms. The fraction of sp³-hybridized carbons (Fsp3) is 0.333. The molecule has 2 N–H and O–H groups in total. The smallest absolute Gasteiger partial charge is 0.339 e. The van der Waals surface area contributed by atoms with Gasteiger partial charge in [0, 0.05) is 36.8 Å². The second-order valence-electron chi connectivity index (χ2n) is 8.76. The van der Waals surface area contributed by atoms with Gasteiger partial charge in [-0.05, 0) is 81.5 Å². The van der Waals surface area contributed by atoms with Crippen LogP contribution >= 0.6 is 0 Å². The molecule has 1 aliphatic rings. The summed E-state index contributed by atoms with van der Waals surface area (Å²) in [6.45, 7) is 8.15.